The molecule has 94 valence electrons. The summed E-state index contributed by atoms with van der Waals surface area (Å²) in [5.74, 6) is 0.313. The lowest BCUT2D eigenvalue weighted by Gasteiger charge is -2.20. The smallest absolute Gasteiger partial charge is 0.115 e. The van der Waals surface area contributed by atoms with Gasteiger partial charge in [-0.3, -0.25) is 0 Å². The Balaban J connectivity index is 2.16. The van der Waals surface area contributed by atoms with Crippen molar-refractivity contribution in [1.29, 1.82) is 0 Å². The lowest BCUT2D eigenvalue weighted by molar-refractivity contribution is 0.475. The van der Waals surface area contributed by atoms with Crippen LogP contribution in [0.15, 0.2) is 42.5 Å². The molecule has 0 radical (unpaired) electrons. The van der Waals surface area contributed by atoms with E-state index in [4.69, 9.17) is 0 Å². The Bertz CT molecular complexity index is 511. The predicted octanol–water partition coefficient (Wildman–Crippen LogP) is 3.65. The quantitative estimate of drug-likeness (QED) is 0.886. The molecule has 0 aromatic heterocycles. The second-order valence-electron chi connectivity index (χ2n) is 4.87. The van der Waals surface area contributed by atoms with Crippen molar-refractivity contribution in [3.63, 3.8) is 0 Å². The molecular weight excluding hydrogens is 222 g/mol. The molecule has 2 heteroatoms. The van der Waals surface area contributed by atoms with E-state index >= 15 is 0 Å². The number of anilines is 1. The number of aromatic hydroxyl groups is 1. The molecule has 0 atom stereocenters. The van der Waals surface area contributed by atoms with Gasteiger partial charge in [0.2, 0.25) is 0 Å². The number of rotatable bonds is 3. The monoisotopic (exact) mass is 241 g/mol. The molecule has 0 heterocycles. The molecule has 0 aliphatic heterocycles. The van der Waals surface area contributed by atoms with Gasteiger partial charge in [0.15, 0.2) is 0 Å². The van der Waals surface area contributed by atoms with Gasteiger partial charge in [0, 0.05) is 19.3 Å². The third-order valence-electron chi connectivity index (χ3n) is 3.00. The van der Waals surface area contributed by atoms with E-state index in [9.17, 15) is 5.11 Å². The Labute approximate surface area is 109 Å². The molecule has 0 aliphatic carbocycles. The summed E-state index contributed by atoms with van der Waals surface area (Å²) in [6.45, 7) is 5.07. The summed E-state index contributed by atoms with van der Waals surface area (Å²) in [5.41, 5.74) is 4.97. The minimum absolute atomic E-state index is 0.313. The number of phenols is 1. The number of phenolic OH excluding ortho intramolecular Hbond substituents is 1. The molecule has 18 heavy (non-hydrogen) atoms. The van der Waals surface area contributed by atoms with Crippen LogP contribution in [0.5, 0.6) is 5.75 Å². The fourth-order valence-electron chi connectivity index (χ4n) is 2.14. The highest BCUT2D eigenvalue weighted by atomic mass is 16.3. The van der Waals surface area contributed by atoms with Gasteiger partial charge in [0.25, 0.3) is 0 Å². The van der Waals surface area contributed by atoms with Crippen LogP contribution in [-0.4, -0.2) is 12.2 Å². The normalized spacial score (nSPS) is 10.4. The van der Waals surface area contributed by atoms with Gasteiger partial charge in [-0.25, -0.2) is 0 Å². The Morgan fingerprint density at radius 1 is 0.944 bits per heavy atom. The van der Waals surface area contributed by atoms with Crippen LogP contribution in [0.3, 0.4) is 0 Å². The average molecular weight is 241 g/mol. The number of hydrogen-bond donors (Lipinski definition) is 1. The summed E-state index contributed by atoms with van der Waals surface area (Å²) in [5, 5.41) is 9.27. The first-order valence-electron chi connectivity index (χ1n) is 6.12. The Morgan fingerprint density at radius 3 is 2.06 bits per heavy atom. The minimum Gasteiger partial charge on any atom is -0.508 e. The first-order valence-corrected chi connectivity index (χ1v) is 6.12. The fraction of sp³-hybridized carbons (Fsp3) is 0.250. The molecule has 1 N–H and O–H groups in total. The van der Waals surface area contributed by atoms with Crippen molar-refractivity contribution in [3.8, 4) is 5.75 Å². The van der Waals surface area contributed by atoms with E-state index in [-0.39, 0.29) is 0 Å². The van der Waals surface area contributed by atoms with Gasteiger partial charge in [-0.15, -0.1) is 0 Å². The van der Waals surface area contributed by atoms with E-state index in [1.165, 1.54) is 22.4 Å². The zero-order chi connectivity index (χ0) is 13.1. The molecule has 0 saturated heterocycles. The number of aryl methyl sites for hydroxylation is 2. The van der Waals surface area contributed by atoms with Crippen molar-refractivity contribution < 1.29 is 5.11 Å². The number of nitrogens with zero attached hydrogens (tertiary/aromatic N) is 1. The van der Waals surface area contributed by atoms with Crippen LogP contribution >= 0.6 is 0 Å². The molecule has 0 amide bonds. The summed E-state index contributed by atoms with van der Waals surface area (Å²) in [6, 6.07) is 13.9. The van der Waals surface area contributed by atoms with Crippen molar-refractivity contribution in [1.82, 2.24) is 0 Å². The van der Waals surface area contributed by atoms with Crippen LogP contribution in [-0.2, 0) is 6.54 Å². The van der Waals surface area contributed by atoms with Crippen molar-refractivity contribution >= 4 is 5.69 Å². The third kappa shape index (κ3) is 3.04. The summed E-state index contributed by atoms with van der Waals surface area (Å²) >= 11 is 0. The molecule has 0 spiro atoms. The van der Waals surface area contributed by atoms with Gasteiger partial charge in [0.05, 0.1) is 0 Å². The minimum atomic E-state index is 0.313. The van der Waals surface area contributed by atoms with Gasteiger partial charge in [-0.1, -0.05) is 18.2 Å². The Kier molecular flexibility index (Phi) is 3.56. The van der Waals surface area contributed by atoms with Gasteiger partial charge >= 0.3 is 0 Å². The first kappa shape index (κ1) is 12.5. The molecule has 2 nitrogen and oxygen atoms in total. The molecule has 0 aliphatic rings. The van der Waals surface area contributed by atoms with Crippen molar-refractivity contribution in [2.75, 3.05) is 11.9 Å². The maximum atomic E-state index is 9.27. The van der Waals surface area contributed by atoms with Crippen LogP contribution < -0.4 is 4.90 Å². The van der Waals surface area contributed by atoms with Gasteiger partial charge < -0.3 is 10.0 Å². The highest BCUT2D eigenvalue weighted by molar-refractivity contribution is 5.50. The number of hydrogen-bond acceptors (Lipinski definition) is 2. The predicted molar refractivity (Wildman–Crippen MR) is 76.1 cm³/mol. The third-order valence-corrected chi connectivity index (χ3v) is 3.00. The van der Waals surface area contributed by atoms with E-state index in [2.05, 4.69) is 44.0 Å². The summed E-state index contributed by atoms with van der Waals surface area (Å²) in [6.07, 6.45) is 0. The first-order chi connectivity index (χ1) is 8.54. The standard InChI is InChI=1S/C16H19NO/c1-12-8-13(2)10-15(9-12)17(3)11-14-4-6-16(18)7-5-14/h4-10,18H,11H2,1-3H3. The molecular formula is C16H19NO. The maximum absolute atomic E-state index is 9.27. The second-order valence-corrected chi connectivity index (χ2v) is 4.87. The number of benzene rings is 2. The van der Waals surface area contributed by atoms with Gasteiger partial charge in [0.1, 0.15) is 5.75 Å². The molecule has 0 fully saturated rings. The summed E-state index contributed by atoms with van der Waals surface area (Å²) in [7, 11) is 2.08. The molecule has 2 aromatic rings. The molecule has 2 rings (SSSR count). The second kappa shape index (κ2) is 5.13. The van der Waals surface area contributed by atoms with Crippen LogP contribution in [0.4, 0.5) is 5.69 Å². The zero-order valence-corrected chi connectivity index (χ0v) is 11.1. The van der Waals surface area contributed by atoms with E-state index in [0.29, 0.717) is 5.75 Å². The Hall–Kier alpha value is -1.96. The zero-order valence-electron chi connectivity index (χ0n) is 11.1. The van der Waals surface area contributed by atoms with Crippen LogP contribution in [0.25, 0.3) is 0 Å². The van der Waals surface area contributed by atoms with E-state index in [1.807, 2.05) is 12.1 Å². The van der Waals surface area contributed by atoms with E-state index in [1.54, 1.807) is 12.1 Å². The Morgan fingerprint density at radius 2 is 1.50 bits per heavy atom. The van der Waals surface area contributed by atoms with Crippen LogP contribution in [0.2, 0.25) is 0 Å². The van der Waals surface area contributed by atoms with Crippen LogP contribution in [0.1, 0.15) is 16.7 Å². The van der Waals surface area contributed by atoms with E-state index in [0.717, 1.165) is 6.54 Å². The van der Waals surface area contributed by atoms with E-state index < -0.39 is 0 Å². The molecule has 2 aromatic carbocycles. The highest BCUT2D eigenvalue weighted by Crippen LogP contribution is 2.20. The topological polar surface area (TPSA) is 23.5 Å². The largest absolute Gasteiger partial charge is 0.508 e. The van der Waals surface area contributed by atoms with Crippen LogP contribution in [0, 0.1) is 13.8 Å². The van der Waals surface area contributed by atoms with Gasteiger partial charge in [-0.2, -0.15) is 0 Å². The van der Waals surface area contributed by atoms with Crippen molar-refractivity contribution in [2.45, 2.75) is 20.4 Å². The average Bonchev–Trinajstić information content (AvgIpc) is 2.31. The molecule has 0 saturated carbocycles. The maximum Gasteiger partial charge on any atom is 0.115 e. The SMILES string of the molecule is Cc1cc(C)cc(N(C)Cc2ccc(O)cc2)c1. The highest BCUT2D eigenvalue weighted by Gasteiger charge is 2.03. The van der Waals surface area contributed by atoms with Gasteiger partial charge in [-0.05, 0) is 54.8 Å². The lowest BCUT2D eigenvalue weighted by Crippen LogP contribution is -2.16. The van der Waals surface area contributed by atoms with Crippen molar-refractivity contribution in [3.05, 3.63) is 59.2 Å². The molecule has 0 unspecified atom stereocenters. The lowest BCUT2D eigenvalue weighted by atomic mass is 10.1. The molecule has 0 bridgehead atoms. The summed E-state index contributed by atoms with van der Waals surface area (Å²) < 4.78 is 0. The fourth-order valence-corrected chi connectivity index (χ4v) is 2.14. The van der Waals surface area contributed by atoms with Crippen molar-refractivity contribution in [2.24, 2.45) is 0 Å². The summed E-state index contributed by atoms with van der Waals surface area (Å²) in [4.78, 5) is 2.21.